The van der Waals surface area contributed by atoms with Gasteiger partial charge in [-0.05, 0) is 83.5 Å². The minimum Gasteiger partial charge on any atom is -0.462 e. The molecule has 0 aromatic rings. The predicted molar refractivity (Wildman–Crippen MR) is 325 cm³/mol. The molecule has 0 heterocycles. The lowest BCUT2D eigenvalue weighted by Crippen LogP contribution is -2.30. The van der Waals surface area contributed by atoms with Crippen LogP contribution in [0.15, 0.2) is 60.8 Å². The topological polar surface area (TPSA) is 78.9 Å². The van der Waals surface area contributed by atoms with E-state index in [0.717, 1.165) is 64.2 Å². The summed E-state index contributed by atoms with van der Waals surface area (Å²) in [4.78, 5) is 38.3. The van der Waals surface area contributed by atoms with Gasteiger partial charge in [-0.3, -0.25) is 14.4 Å². The van der Waals surface area contributed by atoms with Gasteiger partial charge in [0.1, 0.15) is 13.2 Å². The van der Waals surface area contributed by atoms with Crippen LogP contribution in [0.4, 0.5) is 0 Å². The summed E-state index contributed by atoms with van der Waals surface area (Å²) in [6.07, 6.45) is 80.9. The van der Waals surface area contributed by atoms with E-state index in [1.54, 1.807) is 0 Å². The molecule has 6 nitrogen and oxygen atoms in total. The zero-order valence-electron chi connectivity index (χ0n) is 50.1. The molecule has 0 fully saturated rings. The molecule has 6 heteroatoms. The standard InChI is InChI=1S/C69H124O6/c1-4-7-10-13-16-19-22-25-28-31-33-34-36-38-41-44-47-50-53-56-59-62-68(71)74-65-66(64-73-67(70)61-58-55-52-49-46-43-40-37-30-27-24-21-18-15-12-9-6-3)75-69(72)63-60-57-54-51-48-45-42-39-35-32-29-26-23-20-17-14-11-8-5-2/h18,21,26-27,29-30,40,43,49,52,66H,4-17,19-20,22-25,28,31-39,41-42,44-48,50-51,53-65H2,1-3H3/b21-18-,29-26-,30-27-,43-40-,52-49-/t66-/m1/s1. The summed E-state index contributed by atoms with van der Waals surface area (Å²) in [6, 6.07) is 0. The number of rotatable bonds is 60. The second-order valence-corrected chi connectivity index (χ2v) is 22.0. The summed E-state index contributed by atoms with van der Waals surface area (Å²) in [5, 5.41) is 0. The van der Waals surface area contributed by atoms with E-state index < -0.39 is 6.10 Å². The van der Waals surface area contributed by atoms with Crippen LogP contribution in [0.2, 0.25) is 0 Å². The normalized spacial score (nSPS) is 12.4. The van der Waals surface area contributed by atoms with Crippen LogP contribution < -0.4 is 0 Å². The van der Waals surface area contributed by atoms with Crippen LogP contribution in [-0.2, 0) is 28.6 Å². The van der Waals surface area contributed by atoms with Crippen molar-refractivity contribution < 1.29 is 28.6 Å². The van der Waals surface area contributed by atoms with Crippen molar-refractivity contribution in [1.82, 2.24) is 0 Å². The molecule has 0 saturated carbocycles. The lowest BCUT2D eigenvalue weighted by Gasteiger charge is -2.18. The number of unbranched alkanes of at least 4 members (excludes halogenated alkanes) is 39. The molecule has 0 aromatic carbocycles. The van der Waals surface area contributed by atoms with Gasteiger partial charge in [0, 0.05) is 19.3 Å². The fraction of sp³-hybridized carbons (Fsp3) is 0.812. The van der Waals surface area contributed by atoms with E-state index in [1.807, 2.05) is 0 Å². The number of esters is 3. The Labute approximate surface area is 466 Å². The van der Waals surface area contributed by atoms with Gasteiger partial charge in [0.25, 0.3) is 0 Å². The van der Waals surface area contributed by atoms with E-state index >= 15 is 0 Å². The van der Waals surface area contributed by atoms with E-state index in [0.29, 0.717) is 19.3 Å². The van der Waals surface area contributed by atoms with Crippen molar-refractivity contribution in [3.63, 3.8) is 0 Å². The van der Waals surface area contributed by atoms with Crippen LogP contribution in [0.5, 0.6) is 0 Å². The largest absolute Gasteiger partial charge is 0.462 e. The molecule has 0 amide bonds. The minimum absolute atomic E-state index is 0.0885. The summed E-state index contributed by atoms with van der Waals surface area (Å²) < 4.78 is 16.9. The molecule has 0 aliphatic heterocycles. The van der Waals surface area contributed by atoms with Gasteiger partial charge < -0.3 is 14.2 Å². The van der Waals surface area contributed by atoms with Crippen LogP contribution in [0.25, 0.3) is 0 Å². The third kappa shape index (κ3) is 61.8. The molecular weight excluding hydrogens is 925 g/mol. The lowest BCUT2D eigenvalue weighted by molar-refractivity contribution is -0.167. The Kier molecular flexibility index (Phi) is 61.2. The first kappa shape index (κ1) is 72.1. The zero-order valence-corrected chi connectivity index (χ0v) is 50.1. The Morgan fingerprint density at radius 3 is 0.840 bits per heavy atom. The van der Waals surface area contributed by atoms with Crippen molar-refractivity contribution in [3.05, 3.63) is 60.8 Å². The molecule has 0 aliphatic rings. The average molecular weight is 1050 g/mol. The van der Waals surface area contributed by atoms with Crippen molar-refractivity contribution in [2.45, 2.75) is 348 Å². The Balaban J connectivity index is 4.39. The average Bonchev–Trinajstić information content (AvgIpc) is 3.41. The Morgan fingerprint density at radius 2 is 0.493 bits per heavy atom. The van der Waals surface area contributed by atoms with Gasteiger partial charge in [-0.15, -0.1) is 0 Å². The van der Waals surface area contributed by atoms with Gasteiger partial charge >= 0.3 is 17.9 Å². The van der Waals surface area contributed by atoms with Crippen LogP contribution >= 0.6 is 0 Å². The third-order valence-electron chi connectivity index (χ3n) is 14.5. The Morgan fingerprint density at radius 1 is 0.267 bits per heavy atom. The van der Waals surface area contributed by atoms with E-state index in [2.05, 4.69) is 81.5 Å². The maximum atomic E-state index is 12.9. The molecule has 0 rings (SSSR count). The van der Waals surface area contributed by atoms with E-state index in [1.165, 1.54) is 231 Å². The smallest absolute Gasteiger partial charge is 0.306 e. The monoisotopic (exact) mass is 1050 g/mol. The minimum atomic E-state index is -0.797. The molecule has 0 aliphatic carbocycles. The highest BCUT2D eigenvalue weighted by Gasteiger charge is 2.19. The van der Waals surface area contributed by atoms with Gasteiger partial charge in [0.05, 0.1) is 0 Å². The van der Waals surface area contributed by atoms with Gasteiger partial charge in [-0.25, -0.2) is 0 Å². The number of hydrogen-bond donors (Lipinski definition) is 0. The van der Waals surface area contributed by atoms with Crippen LogP contribution in [0.3, 0.4) is 0 Å². The van der Waals surface area contributed by atoms with Crippen molar-refractivity contribution in [3.8, 4) is 0 Å². The highest BCUT2D eigenvalue weighted by atomic mass is 16.6. The van der Waals surface area contributed by atoms with Crippen LogP contribution in [0, 0.1) is 0 Å². The van der Waals surface area contributed by atoms with Gasteiger partial charge in [0.2, 0.25) is 0 Å². The molecule has 436 valence electrons. The number of ether oxygens (including phenoxy) is 3. The molecule has 0 N–H and O–H groups in total. The predicted octanol–water partition coefficient (Wildman–Crippen LogP) is 22.3. The molecule has 0 unspecified atom stereocenters. The van der Waals surface area contributed by atoms with Crippen LogP contribution in [0.1, 0.15) is 342 Å². The fourth-order valence-electron chi connectivity index (χ4n) is 9.55. The number of allylic oxidation sites excluding steroid dienone is 10. The van der Waals surface area contributed by atoms with Gasteiger partial charge in [-0.1, -0.05) is 300 Å². The van der Waals surface area contributed by atoms with E-state index in [-0.39, 0.29) is 37.5 Å². The fourth-order valence-corrected chi connectivity index (χ4v) is 9.55. The first-order chi connectivity index (χ1) is 37.0. The third-order valence-corrected chi connectivity index (χ3v) is 14.5. The van der Waals surface area contributed by atoms with Crippen molar-refractivity contribution in [1.29, 1.82) is 0 Å². The SMILES string of the molecule is CCCCC/C=C\C/C=C\C/C=C\C/C=C\CCCC(=O)OC[C@H](COC(=O)CCCCCCCCCCCCCCCCCCCCCCC)OC(=O)CCCCCCCCCCC/C=C\CCCCCCCC. The van der Waals surface area contributed by atoms with Crippen molar-refractivity contribution >= 4 is 17.9 Å². The first-order valence-corrected chi connectivity index (χ1v) is 32.8. The molecule has 0 radical (unpaired) electrons. The highest BCUT2D eigenvalue weighted by molar-refractivity contribution is 5.71. The molecule has 75 heavy (non-hydrogen) atoms. The molecule has 0 saturated heterocycles. The summed E-state index contributed by atoms with van der Waals surface area (Å²) in [5.41, 5.74) is 0. The molecule has 1 atom stereocenters. The maximum absolute atomic E-state index is 12.9. The molecule has 0 spiro atoms. The highest BCUT2D eigenvalue weighted by Crippen LogP contribution is 2.17. The number of carbonyl (C=O) groups is 3. The lowest BCUT2D eigenvalue weighted by atomic mass is 10.0. The number of carbonyl (C=O) groups excluding carboxylic acids is 3. The summed E-state index contributed by atoms with van der Waals surface area (Å²) in [5.74, 6) is -0.929. The van der Waals surface area contributed by atoms with E-state index in [4.69, 9.17) is 14.2 Å². The summed E-state index contributed by atoms with van der Waals surface area (Å²) >= 11 is 0. The second-order valence-electron chi connectivity index (χ2n) is 22.0. The summed E-state index contributed by atoms with van der Waals surface area (Å²) in [7, 11) is 0. The quantitative estimate of drug-likeness (QED) is 0.0261. The van der Waals surface area contributed by atoms with Crippen molar-refractivity contribution in [2.75, 3.05) is 13.2 Å². The van der Waals surface area contributed by atoms with E-state index in [9.17, 15) is 14.4 Å². The maximum Gasteiger partial charge on any atom is 0.306 e. The second kappa shape index (κ2) is 63.6. The van der Waals surface area contributed by atoms with Gasteiger partial charge in [-0.2, -0.15) is 0 Å². The zero-order chi connectivity index (χ0) is 54.3. The van der Waals surface area contributed by atoms with Gasteiger partial charge in [0.15, 0.2) is 6.10 Å². The molecule has 0 aromatic heterocycles. The Hall–Kier alpha value is -2.89. The van der Waals surface area contributed by atoms with Crippen molar-refractivity contribution in [2.24, 2.45) is 0 Å². The number of hydrogen-bond acceptors (Lipinski definition) is 6. The molecular formula is C69H124O6. The first-order valence-electron chi connectivity index (χ1n) is 32.8. The Bertz CT molecular complexity index is 1340. The summed E-state index contributed by atoms with van der Waals surface area (Å²) in [6.45, 7) is 6.61. The van der Waals surface area contributed by atoms with Crippen LogP contribution in [-0.4, -0.2) is 37.2 Å². The molecule has 0 bridgehead atoms.